The van der Waals surface area contributed by atoms with Gasteiger partial charge in [-0.2, -0.15) is 0 Å². The van der Waals surface area contributed by atoms with Crippen molar-refractivity contribution in [2.75, 3.05) is 20.6 Å². The van der Waals surface area contributed by atoms with Gasteiger partial charge in [0.1, 0.15) is 0 Å². The van der Waals surface area contributed by atoms with Gasteiger partial charge in [0, 0.05) is 20.0 Å². The number of amides is 1. The second-order valence-electron chi connectivity index (χ2n) is 4.34. The number of hydrogen-bond acceptors (Lipinski definition) is 3. The van der Waals surface area contributed by atoms with Gasteiger partial charge in [-0.15, -0.1) is 0 Å². The zero-order valence-corrected chi connectivity index (χ0v) is 9.12. The Bertz CT molecular complexity index is 194. The van der Waals surface area contributed by atoms with Gasteiger partial charge in [-0.1, -0.05) is 6.42 Å². The molecule has 14 heavy (non-hydrogen) atoms. The molecule has 1 rings (SSSR count). The summed E-state index contributed by atoms with van der Waals surface area (Å²) in [6.45, 7) is 0.714. The molecule has 0 aromatic rings. The largest absolute Gasteiger partial charge is 0.330 e. The molecule has 0 aliphatic heterocycles. The molecule has 0 aromatic heterocycles. The van der Waals surface area contributed by atoms with Crippen molar-refractivity contribution >= 4 is 5.91 Å². The molecule has 0 saturated heterocycles. The molecule has 1 amide bonds. The summed E-state index contributed by atoms with van der Waals surface area (Å²) in [5.74, 6) is 0.856. The van der Waals surface area contributed by atoms with Gasteiger partial charge in [-0.25, -0.2) is 5.01 Å². The van der Waals surface area contributed by atoms with E-state index in [2.05, 4.69) is 5.43 Å². The SMILES string of the molecule is CN(C)NC(=O)C1CCCC(CN)C1. The van der Waals surface area contributed by atoms with Crippen LogP contribution < -0.4 is 11.2 Å². The summed E-state index contributed by atoms with van der Waals surface area (Å²) in [6.07, 6.45) is 4.28. The van der Waals surface area contributed by atoms with Crippen LogP contribution in [0.3, 0.4) is 0 Å². The first-order valence-corrected chi connectivity index (χ1v) is 5.31. The zero-order valence-electron chi connectivity index (χ0n) is 9.12. The maximum absolute atomic E-state index is 11.7. The highest BCUT2D eigenvalue weighted by Gasteiger charge is 2.26. The lowest BCUT2D eigenvalue weighted by Crippen LogP contribution is -2.42. The minimum atomic E-state index is 0.146. The smallest absolute Gasteiger partial charge is 0.237 e. The molecule has 1 aliphatic carbocycles. The van der Waals surface area contributed by atoms with Gasteiger partial charge in [0.15, 0.2) is 0 Å². The Labute approximate surface area is 85.8 Å². The van der Waals surface area contributed by atoms with Gasteiger partial charge in [0.05, 0.1) is 0 Å². The molecule has 0 aromatic carbocycles. The van der Waals surface area contributed by atoms with E-state index in [1.807, 2.05) is 14.1 Å². The quantitative estimate of drug-likeness (QED) is 0.645. The monoisotopic (exact) mass is 199 g/mol. The zero-order chi connectivity index (χ0) is 10.6. The fraction of sp³-hybridized carbons (Fsp3) is 0.900. The molecular weight excluding hydrogens is 178 g/mol. The number of carbonyl (C=O) groups excluding carboxylic acids is 1. The maximum atomic E-state index is 11.7. The summed E-state index contributed by atoms with van der Waals surface area (Å²) in [5.41, 5.74) is 8.44. The molecule has 1 fully saturated rings. The topological polar surface area (TPSA) is 58.4 Å². The molecule has 0 radical (unpaired) electrons. The van der Waals surface area contributed by atoms with E-state index in [-0.39, 0.29) is 11.8 Å². The van der Waals surface area contributed by atoms with Crippen LogP contribution in [0.5, 0.6) is 0 Å². The van der Waals surface area contributed by atoms with Crippen LogP contribution in [0, 0.1) is 11.8 Å². The predicted molar refractivity (Wildman–Crippen MR) is 56.3 cm³/mol. The number of hydrogen-bond donors (Lipinski definition) is 2. The number of hydrazine groups is 1. The van der Waals surface area contributed by atoms with Crippen molar-refractivity contribution in [3.05, 3.63) is 0 Å². The van der Waals surface area contributed by atoms with E-state index >= 15 is 0 Å². The van der Waals surface area contributed by atoms with Gasteiger partial charge in [-0.05, 0) is 31.7 Å². The number of nitrogens with two attached hydrogens (primary N) is 1. The summed E-state index contributed by atoms with van der Waals surface area (Å²) in [6, 6.07) is 0. The molecule has 4 nitrogen and oxygen atoms in total. The first-order chi connectivity index (χ1) is 6.63. The minimum Gasteiger partial charge on any atom is -0.330 e. The molecule has 1 saturated carbocycles. The van der Waals surface area contributed by atoms with Crippen LogP contribution in [0.1, 0.15) is 25.7 Å². The van der Waals surface area contributed by atoms with Crippen molar-refractivity contribution in [1.82, 2.24) is 10.4 Å². The van der Waals surface area contributed by atoms with E-state index < -0.39 is 0 Å². The van der Waals surface area contributed by atoms with Crippen molar-refractivity contribution < 1.29 is 4.79 Å². The molecule has 2 atom stereocenters. The Morgan fingerprint density at radius 3 is 2.79 bits per heavy atom. The van der Waals surface area contributed by atoms with E-state index in [1.165, 1.54) is 6.42 Å². The van der Waals surface area contributed by atoms with Crippen LogP contribution in [0.25, 0.3) is 0 Å². The number of rotatable bonds is 3. The van der Waals surface area contributed by atoms with E-state index in [1.54, 1.807) is 5.01 Å². The standard InChI is InChI=1S/C10H21N3O/c1-13(2)12-10(14)9-5-3-4-8(6-9)7-11/h8-9H,3-7,11H2,1-2H3,(H,12,14). The first-order valence-electron chi connectivity index (χ1n) is 5.31. The molecular formula is C10H21N3O. The van der Waals surface area contributed by atoms with Gasteiger partial charge in [-0.3, -0.25) is 10.2 Å². The second-order valence-corrected chi connectivity index (χ2v) is 4.34. The van der Waals surface area contributed by atoms with E-state index in [0.717, 1.165) is 19.3 Å². The Balaban J connectivity index is 2.39. The van der Waals surface area contributed by atoms with Crippen LogP contribution >= 0.6 is 0 Å². The number of carbonyl (C=O) groups is 1. The van der Waals surface area contributed by atoms with Gasteiger partial charge in [0.25, 0.3) is 0 Å². The summed E-state index contributed by atoms with van der Waals surface area (Å²) >= 11 is 0. The molecule has 1 aliphatic rings. The molecule has 82 valence electrons. The summed E-state index contributed by atoms with van der Waals surface area (Å²) < 4.78 is 0. The van der Waals surface area contributed by atoms with Crippen LogP contribution in [0.4, 0.5) is 0 Å². The number of nitrogens with zero attached hydrogens (tertiary/aromatic N) is 1. The molecule has 2 unspecified atom stereocenters. The van der Waals surface area contributed by atoms with Crippen molar-refractivity contribution in [3.8, 4) is 0 Å². The summed E-state index contributed by atoms with van der Waals surface area (Å²) in [4.78, 5) is 11.7. The number of nitrogens with one attached hydrogen (secondary N) is 1. The molecule has 0 spiro atoms. The predicted octanol–water partition coefficient (Wildman–Crippen LogP) is 0.344. The molecule has 0 heterocycles. The highest BCUT2D eigenvalue weighted by atomic mass is 16.2. The average molecular weight is 199 g/mol. The van der Waals surface area contributed by atoms with Gasteiger partial charge < -0.3 is 5.73 Å². The minimum absolute atomic E-state index is 0.146. The lowest BCUT2D eigenvalue weighted by atomic mass is 9.81. The van der Waals surface area contributed by atoms with Crippen LogP contribution in [0.15, 0.2) is 0 Å². The average Bonchev–Trinajstić information content (AvgIpc) is 2.17. The first kappa shape index (κ1) is 11.5. The Kier molecular flexibility index (Phi) is 4.35. The molecule has 3 N–H and O–H groups in total. The lowest BCUT2D eigenvalue weighted by molar-refractivity contribution is -0.130. The van der Waals surface area contributed by atoms with Crippen molar-refractivity contribution in [2.24, 2.45) is 17.6 Å². The maximum Gasteiger partial charge on any atom is 0.237 e. The van der Waals surface area contributed by atoms with E-state index in [9.17, 15) is 4.79 Å². The highest BCUT2D eigenvalue weighted by molar-refractivity contribution is 5.78. The van der Waals surface area contributed by atoms with Crippen molar-refractivity contribution in [1.29, 1.82) is 0 Å². The van der Waals surface area contributed by atoms with Gasteiger partial charge >= 0.3 is 0 Å². The fourth-order valence-corrected chi connectivity index (χ4v) is 2.05. The Morgan fingerprint density at radius 1 is 1.50 bits per heavy atom. The normalized spacial score (nSPS) is 27.7. The Morgan fingerprint density at radius 2 is 2.21 bits per heavy atom. The highest BCUT2D eigenvalue weighted by Crippen LogP contribution is 2.28. The summed E-state index contributed by atoms with van der Waals surface area (Å²) in [7, 11) is 3.67. The second kappa shape index (κ2) is 5.32. The summed E-state index contributed by atoms with van der Waals surface area (Å²) in [5, 5.41) is 1.70. The molecule has 0 bridgehead atoms. The lowest BCUT2D eigenvalue weighted by Gasteiger charge is -2.28. The third-order valence-corrected chi connectivity index (χ3v) is 2.82. The van der Waals surface area contributed by atoms with Crippen LogP contribution in [-0.2, 0) is 4.79 Å². The van der Waals surface area contributed by atoms with Gasteiger partial charge in [0.2, 0.25) is 5.91 Å². The van der Waals surface area contributed by atoms with Crippen LogP contribution in [-0.4, -0.2) is 31.6 Å². The fourth-order valence-electron chi connectivity index (χ4n) is 2.05. The Hall–Kier alpha value is -0.610. The third kappa shape index (κ3) is 3.27. The third-order valence-electron chi connectivity index (χ3n) is 2.82. The van der Waals surface area contributed by atoms with Crippen molar-refractivity contribution in [3.63, 3.8) is 0 Å². The van der Waals surface area contributed by atoms with E-state index in [4.69, 9.17) is 5.73 Å². The van der Waals surface area contributed by atoms with Crippen molar-refractivity contribution in [2.45, 2.75) is 25.7 Å². The van der Waals surface area contributed by atoms with Crippen LogP contribution in [0.2, 0.25) is 0 Å². The van der Waals surface area contributed by atoms with E-state index in [0.29, 0.717) is 12.5 Å². The molecule has 4 heteroatoms.